The molecule has 0 unspecified atom stereocenters. The Morgan fingerprint density at radius 3 is 2.90 bits per heavy atom. The lowest BCUT2D eigenvalue weighted by Crippen LogP contribution is -1.82. The molecule has 4 aromatic rings. The van der Waals surface area contributed by atoms with E-state index in [9.17, 15) is 5.11 Å². The summed E-state index contributed by atoms with van der Waals surface area (Å²) in [7, 11) is 1.67. The zero-order chi connectivity index (χ0) is 14.4. The summed E-state index contributed by atoms with van der Waals surface area (Å²) in [5, 5.41) is 9.58. The molecule has 0 aliphatic carbocycles. The molecule has 0 aliphatic heterocycles. The summed E-state index contributed by atoms with van der Waals surface area (Å²) in [6.45, 7) is 0. The van der Waals surface area contributed by atoms with E-state index in [2.05, 4.69) is 9.38 Å². The Labute approximate surface area is 124 Å². The lowest BCUT2D eigenvalue weighted by molar-refractivity contribution is 0.415. The molecule has 0 saturated heterocycles. The van der Waals surface area contributed by atoms with Crippen LogP contribution in [-0.2, 0) is 0 Å². The highest BCUT2D eigenvalue weighted by Crippen LogP contribution is 2.32. The third-order valence-corrected chi connectivity index (χ3v) is 4.46. The van der Waals surface area contributed by atoms with E-state index >= 15 is 0 Å². The maximum Gasteiger partial charge on any atom is 0.195 e. The van der Waals surface area contributed by atoms with Crippen molar-refractivity contribution in [2.75, 3.05) is 7.11 Å². The second kappa shape index (κ2) is 4.49. The minimum atomic E-state index is 0.249. The molecule has 4 nitrogen and oxygen atoms in total. The fourth-order valence-electron chi connectivity index (χ4n) is 2.41. The summed E-state index contributed by atoms with van der Waals surface area (Å²) >= 11 is 1.62. The number of imidazole rings is 1. The van der Waals surface area contributed by atoms with Crippen LogP contribution in [0.25, 0.3) is 26.4 Å². The first-order valence-electron chi connectivity index (χ1n) is 6.49. The van der Waals surface area contributed by atoms with Gasteiger partial charge < -0.3 is 9.84 Å². The number of aromatic nitrogens is 2. The zero-order valence-corrected chi connectivity index (χ0v) is 12.1. The number of methoxy groups -OCH3 is 1. The molecule has 0 radical (unpaired) electrons. The van der Waals surface area contributed by atoms with Crippen LogP contribution in [0, 0.1) is 0 Å². The number of benzene rings is 2. The summed E-state index contributed by atoms with van der Waals surface area (Å²) in [6.07, 6.45) is 2.00. The van der Waals surface area contributed by atoms with Crippen LogP contribution < -0.4 is 4.74 Å². The normalized spacial score (nSPS) is 11.3. The molecule has 2 aromatic heterocycles. The van der Waals surface area contributed by atoms with Gasteiger partial charge in [-0.1, -0.05) is 23.5 Å². The number of rotatable bonds is 2. The number of phenols is 1. The summed E-state index contributed by atoms with van der Waals surface area (Å²) in [5.41, 5.74) is 2.87. The van der Waals surface area contributed by atoms with E-state index in [0.29, 0.717) is 0 Å². The minimum absolute atomic E-state index is 0.249. The van der Waals surface area contributed by atoms with Crippen LogP contribution in [0.5, 0.6) is 11.5 Å². The molecule has 104 valence electrons. The van der Waals surface area contributed by atoms with E-state index in [4.69, 9.17) is 4.74 Å². The minimum Gasteiger partial charge on any atom is -0.508 e. The molecule has 4 rings (SSSR count). The van der Waals surface area contributed by atoms with Crippen molar-refractivity contribution in [2.45, 2.75) is 0 Å². The lowest BCUT2D eigenvalue weighted by atomic mass is 10.1. The van der Waals surface area contributed by atoms with Gasteiger partial charge in [-0.25, -0.2) is 4.98 Å². The first-order chi connectivity index (χ1) is 10.2. The van der Waals surface area contributed by atoms with Gasteiger partial charge in [-0.2, -0.15) is 0 Å². The SMILES string of the molecule is COc1ccc2c(c1)sc1nc(-c3cccc(O)c3)cn12. The molecular formula is C16H12N2O2S. The third kappa shape index (κ3) is 1.94. The highest BCUT2D eigenvalue weighted by Gasteiger charge is 2.11. The van der Waals surface area contributed by atoms with Crippen LogP contribution in [-0.4, -0.2) is 21.6 Å². The third-order valence-electron chi connectivity index (χ3n) is 3.44. The summed E-state index contributed by atoms with van der Waals surface area (Å²) < 4.78 is 8.46. The van der Waals surface area contributed by atoms with Crippen LogP contribution in [0.2, 0.25) is 0 Å². The number of hydrogen-bond acceptors (Lipinski definition) is 4. The maximum absolute atomic E-state index is 9.58. The van der Waals surface area contributed by atoms with Crippen molar-refractivity contribution in [1.82, 2.24) is 9.38 Å². The van der Waals surface area contributed by atoms with Crippen molar-refractivity contribution in [3.63, 3.8) is 0 Å². The highest BCUT2D eigenvalue weighted by atomic mass is 32.1. The molecule has 1 N–H and O–H groups in total. The Balaban J connectivity index is 1.91. The van der Waals surface area contributed by atoms with Crippen LogP contribution >= 0.6 is 11.3 Å². The summed E-state index contributed by atoms with van der Waals surface area (Å²) in [5.74, 6) is 1.10. The van der Waals surface area contributed by atoms with E-state index in [-0.39, 0.29) is 5.75 Å². The molecule has 0 saturated carbocycles. The fraction of sp³-hybridized carbons (Fsp3) is 0.0625. The van der Waals surface area contributed by atoms with E-state index < -0.39 is 0 Å². The number of hydrogen-bond donors (Lipinski definition) is 1. The van der Waals surface area contributed by atoms with Crippen molar-refractivity contribution < 1.29 is 9.84 Å². The number of phenolic OH excluding ortho intramolecular Hbond substituents is 1. The number of aromatic hydroxyl groups is 1. The first kappa shape index (κ1) is 12.2. The second-order valence-corrected chi connectivity index (χ2v) is 5.77. The van der Waals surface area contributed by atoms with Gasteiger partial charge in [0.05, 0.1) is 23.0 Å². The van der Waals surface area contributed by atoms with E-state index in [1.165, 1.54) is 0 Å². The predicted octanol–water partition coefficient (Wildman–Crippen LogP) is 3.93. The van der Waals surface area contributed by atoms with Crippen LogP contribution in [0.3, 0.4) is 0 Å². The Hall–Kier alpha value is -2.53. The van der Waals surface area contributed by atoms with Gasteiger partial charge in [0.25, 0.3) is 0 Å². The summed E-state index contributed by atoms with van der Waals surface area (Å²) in [4.78, 5) is 5.57. The van der Waals surface area contributed by atoms with E-state index in [0.717, 1.165) is 32.2 Å². The quantitative estimate of drug-likeness (QED) is 0.609. The molecule has 0 fully saturated rings. The van der Waals surface area contributed by atoms with E-state index in [1.807, 2.05) is 36.5 Å². The molecule has 5 heteroatoms. The Morgan fingerprint density at radius 1 is 1.19 bits per heavy atom. The molecule has 21 heavy (non-hydrogen) atoms. The molecule has 2 heterocycles. The van der Waals surface area contributed by atoms with Gasteiger partial charge >= 0.3 is 0 Å². The lowest BCUT2D eigenvalue weighted by Gasteiger charge is -1.99. The second-order valence-electron chi connectivity index (χ2n) is 4.76. The van der Waals surface area contributed by atoms with Crippen LogP contribution in [0.15, 0.2) is 48.7 Å². The van der Waals surface area contributed by atoms with Crippen molar-refractivity contribution in [1.29, 1.82) is 0 Å². The number of ether oxygens (including phenoxy) is 1. The number of nitrogens with zero attached hydrogens (tertiary/aromatic N) is 2. The average molecular weight is 296 g/mol. The van der Waals surface area contributed by atoms with Crippen molar-refractivity contribution in [3.05, 3.63) is 48.7 Å². The van der Waals surface area contributed by atoms with Crippen molar-refractivity contribution in [3.8, 4) is 22.8 Å². The van der Waals surface area contributed by atoms with Gasteiger partial charge in [0.15, 0.2) is 4.96 Å². The van der Waals surface area contributed by atoms with Gasteiger partial charge in [-0.15, -0.1) is 0 Å². The standard InChI is InChI=1S/C16H12N2O2S/c1-20-12-5-6-14-15(8-12)21-16-17-13(9-18(14)16)10-3-2-4-11(19)7-10/h2-9,19H,1H3. The number of thiazole rings is 1. The molecule has 0 bridgehead atoms. The highest BCUT2D eigenvalue weighted by molar-refractivity contribution is 7.23. The monoisotopic (exact) mass is 296 g/mol. The molecule has 0 atom stereocenters. The summed E-state index contributed by atoms with van der Waals surface area (Å²) in [6, 6.07) is 13.1. The Morgan fingerprint density at radius 2 is 2.10 bits per heavy atom. The van der Waals surface area contributed by atoms with Gasteiger partial charge in [-0.05, 0) is 30.3 Å². The smallest absolute Gasteiger partial charge is 0.195 e. The van der Waals surface area contributed by atoms with Gasteiger partial charge in [0.2, 0.25) is 0 Å². The molecule has 0 aliphatic rings. The predicted molar refractivity (Wildman–Crippen MR) is 84.2 cm³/mol. The van der Waals surface area contributed by atoms with E-state index in [1.54, 1.807) is 30.6 Å². The molecule has 0 amide bonds. The topological polar surface area (TPSA) is 46.8 Å². The maximum atomic E-state index is 9.58. The van der Waals surface area contributed by atoms with Gasteiger partial charge in [0, 0.05) is 11.8 Å². The average Bonchev–Trinajstić information content (AvgIpc) is 3.04. The van der Waals surface area contributed by atoms with Crippen molar-refractivity contribution in [2.24, 2.45) is 0 Å². The molecule has 0 spiro atoms. The van der Waals surface area contributed by atoms with Crippen molar-refractivity contribution >= 4 is 26.5 Å². The first-order valence-corrected chi connectivity index (χ1v) is 7.31. The van der Waals surface area contributed by atoms with Crippen LogP contribution in [0.4, 0.5) is 0 Å². The zero-order valence-electron chi connectivity index (χ0n) is 11.3. The number of fused-ring (bicyclic) bond motifs is 3. The van der Waals surface area contributed by atoms with Crippen LogP contribution in [0.1, 0.15) is 0 Å². The molecular weight excluding hydrogens is 284 g/mol. The largest absolute Gasteiger partial charge is 0.508 e. The fourth-order valence-corrected chi connectivity index (χ4v) is 3.45. The Bertz CT molecular complexity index is 955. The van der Waals surface area contributed by atoms with Gasteiger partial charge in [-0.3, -0.25) is 4.40 Å². The molecule has 2 aromatic carbocycles. The Kier molecular flexibility index (Phi) is 2.62. The van der Waals surface area contributed by atoms with Gasteiger partial charge in [0.1, 0.15) is 11.5 Å².